The van der Waals surface area contributed by atoms with E-state index < -0.39 is 0 Å². The average molecular weight is 324 g/mol. The van der Waals surface area contributed by atoms with Crippen molar-refractivity contribution in [1.82, 2.24) is 15.1 Å². The van der Waals surface area contributed by atoms with Crippen molar-refractivity contribution < 1.29 is 4.79 Å². The number of amides is 1. The Bertz CT molecular complexity index is 629. The molecule has 0 bridgehead atoms. The summed E-state index contributed by atoms with van der Waals surface area (Å²) in [6.07, 6.45) is 0. The molecular weight excluding hydrogens is 309 g/mol. The van der Waals surface area contributed by atoms with E-state index in [-0.39, 0.29) is 22.8 Å². The van der Waals surface area contributed by atoms with Gasteiger partial charge in [0.1, 0.15) is 0 Å². The van der Waals surface area contributed by atoms with Gasteiger partial charge >= 0.3 is 0 Å². The van der Waals surface area contributed by atoms with Crippen LogP contribution in [-0.2, 0) is 6.54 Å². The number of benzene rings is 1. The Morgan fingerprint density at radius 3 is 2.52 bits per heavy atom. The van der Waals surface area contributed by atoms with Gasteiger partial charge in [-0.25, -0.2) is 0 Å². The Labute approximate surface area is 133 Å². The summed E-state index contributed by atoms with van der Waals surface area (Å²) in [5.74, 6) is -0.186. The van der Waals surface area contributed by atoms with Gasteiger partial charge in [-0.2, -0.15) is 0 Å². The molecular formula is C15H15Cl2N3O. The lowest BCUT2D eigenvalue weighted by molar-refractivity contribution is 0.0683. The molecule has 21 heavy (non-hydrogen) atoms. The van der Waals surface area contributed by atoms with Gasteiger partial charge in [-0.15, -0.1) is 10.2 Å². The van der Waals surface area contributed by atoms with Crippen LogP contribution < -0.4 is 0 Å². The molecule has 6 heteroatoms. The second-order valence-corrected chi connectivity index (χ2v) is 5.72. The minimum atomic E-state index is -0.186. The summed E-state index contributed by atoms with van der Waals surface area (Å²) in [5, 5.41) is 8.46. The van der Waals surface area contributed by atoms with E-state index in [1.165, 1.54) is 0 Å². The molecule has 0 fully saturated rings. The molecule has 1 aromatic heterocycles. The summed E-state index contributed by atoms with van der Waals surface area (Å²) < 4.78 is 0. The highest BCUT2D eigenvalue weighted by molar-refractivity contribution is 6.30. The number of carbonyl (C=O) groups is 1. The second-order valence-electron chi connectivity index (χ2n) is 4.90. The van der Waals surface area contributed by atoms with Gasteiger partial charge < -0.3 is 4.90 Å². The van der Waals surface area contributed by atoms with E-state index in [4.69, 9.17) is 23.2 Å². The topological polar surface area (TPSA) is 46.1 Å². The average Bonchev–Trinajstić information content (AvgIpc) is 2.44. The van der Waals surface area contributed by atoms with Crippen molar-refractivity contribution in [3.8, 4) is 0 Å². The van der Waals surface area contributed by atoms with Gasteiger partial charge in [-0.1, -0.05) is 35.3 Å². The van der Waals surface area contributed by atoms with Gasteiger partial charge in [0.2, 0.25) is 0 Å². The molecule has 0 saturated carbocycles. The molecule has 110 valence electrons. The maximum absolute atomic E-state index is 12.5. The van der Waals surface area contributed by atoms with Crippen LogP contribution in [0.5, 0.6) is 0 Å². The summed E-state index contributed by atoms with van der Waals surface area (Å²) in [7, 11) is 0. The SMILES string of the molecule is CC(C)N(Cc1cccc(Cl)c1)C(=O)c1ccc(Cl)nn1. The summed E-state index contributed by atoms with van der Waals surface area (Å²) in [4.78, 5) is 14.2. The second kappa shape index (κ2) is 6.87. The van der Waals surface area contributed by atoms with E-state index in [0.717, 1.165) is 5.56 Å². The van der Waals surface area contributed by atoms with Gasteiger partial charge in [0.25, 0.3) is 5.91 Å². The number of hydrogen-bond acceptors (Lipinski definition) is 3. The Hall–Kier alpha value is -1.65. The minimum Gasteiger partial charge on any atom is -0.330 e. The zero-order valence-electron chi connectivity index (χ0n) is 11.8. The molecule has 0 N–H and O–H groups in total. The van der Waals surface area contributed by atoms with Crippen LogP contribution in [0.25, 0.3) is 0 Å². The van der Waals surface area contributed by atoms with E-state index in [1.54, 1.807) is 23.1 Å². The summed E-state index contributed by atoms with van der Waals surface area (Å²) >= 11 is 11.7. The molecule has 1 aromatic carbocycles. The molecule has 0 radical (unpaired) electrons. The van der Waals surface area contributed by atoms with E-state index >= 15 is 0 Å². The maximum atomic E-state index is 12.5. The monoisotopic (exact) mass is 323 g/mol. The Morgan fingerprint density at radius 2 is 1.95 bits per heavy atom. The smallest absolute Gasteiger partial charge is 0.274 e. The van der Waals surface area contributed by atoms with Gasteiger partial charge in [0.05, 0.1) is 0 Å². The van der Waals surface area contributed by atoms with E-state index in [9.17, 15) is 4.79 Å². The van der Waals surface area contributed by atoms with Crippen LogP contribution >= 0.6 is 23.2 Å². The third kappa shape index (κ3) is 4.16. The number of rotatable bonds is 4. The van der Waals surface area contributed by atoms with Crippen molar-refractivity contribution in [2.45, 2.75) is 26.4 Å². The molecule has 0 spiro atoms. The lowest BCUT2D eigenvalue weighted by Gasteiger charge is -2.26. The normalized spacial score (nSPS) is 10.7. The van der Waals surface area contributed by atoms with Gasteiger partial charge in [-0.05, 0) is 43.7 Å². The first-order valence-corrected chi connectivity index (χ1v) is 7.27. The Morgan fingerprint density at radius 1 is 1.19 bits per heavy atom. The third-order valence-corrected chi connectivity index (χ3v) is 3.41. The first kappa shape index (κ1) is 15.7. The van der Waals surface area contributed by atoms with Crippen LogP contribution in [0.15, 0.2) is 36.4 Å². The third-order valence-electron chi connectivity index (χ3n) is 2.98. The van der Waals surface area contributed by atoms with Crippen molar-refractivity contribution in [1.29, 1.82) is 0 Å². The highest BCUT2D eigenvalue weighted by Crippen LogP contribution is 2.16. The molecule has 1 heterocycles. The summed E-state index contributed by atoms with van der Waals surface area (Å²) in [5.41, 5.74) is 1.24. The molecule has 1 amide bonds. The van der Waals surface area contributed by atoms with Crippen molar-refractivity contribution in [3.63, 3.8) is 0 Å². The first-order valence-electron chi connectivity index (χ1n) is 6.52. The lowest BCUT2D eigenvalue weighted by Crippen LogP contribution is -2.37. The van der Waals surface area contributed by atoms with Gasteiger partial charge in [0.15, 0.2) is 10.8 Å². The van der Waals surface area contributed by atoms with Crippen LogP contribution in [0.4, 0.5) is 0 Å². The highest BCUT2D eigenvalue weighted by Gasteiger charge is 2.20. The molecule has 0 aliphatic rings. The number of nitrogens with zero attached hydrogens (tertiary/aromatic N) is 3. The quantitative estimate of drug-likeness (QED) is 0.858. The van der Waals surface area contributed by atoms with E-state index in [0.29, 0.717) is 11.6 Å². The van der Waals surface area contributed by atoms with Gasteiger partial charge in [-0.3, -0.25) is 4.79 Å². The molecule has 0 unspecified atom stereocenters. The zero-order valence-corrected chi connectivity index (χ0v) is 13.3. The Kier molecular flexibility index (Phi) is 5.15. The Balaban J connectivity index is 2.22. The number of hydrogen-bond donors (Lipinski definition) is 0. The maximum Gasteiger partial charge on any atom is 0.274 e. The predicted octanol–water partition coefficient (Wildman–Crippen LogP) is 3.83. The lowest BCUT2D eigenvalue weighted by atomic mass is 10.1. The first-order chi connectivity index (χ1) is 9.97. The molecule has 2 rings (SSSR count). The van der Waals surface area contributed by atoms with Crippen molar-refractivity contribution in [2.24, 2.45) is 0 Å². The number of halogens is 2. The molecule has 0 saturated heterocycles. The molecule has 0 atom stereocenters. The van der Waals surface area contributed by atoms with Crippen LogP contribution in [0, 0.1) is 0 Å². The molecule has 4 nitrogen and oxygen atoms in total. The van der Waals surface area contributed by atoms with Gasteiger partial charge in [0, 0.05) is 17.6 Å². The standard InChI is InChI=1S/C15H15Cl2N3O/c1-10(2)20(9-11-4-3-5-12(16)8-11)15(21)13-6-7-14(17)19-18-13/h3-8,10H,9H2,1-2H3. The largest absolute Gasteiger partial charge is 0.330 e. The van der Waals surface area contributed by atoms with Crippen LogP contribution in [0.2, 0.25) is 10.2 Å². The van der Waals surface area contributed by atoms with Crippen molar-refractivity contribution in [3.05, 3.63) is 57.8 Å². The van der Waals surface area contributed by atoms with E-state index in [2.05, 4.69) is 10.2 Å². The fourth-order valence-corrected chi connectivity index (χ4v) is 2.21. The zero-order chi connectivity index (χ0) is 15.4. The van der Waals surface area contributed by atoms with Crippen LogP contribution in [0.3, 0.4) is 0 Å². The highest BCUT2D eigenvalue weighted by atomic mass is 35.5. The summed E-state index contributed by atoms with van der Waals surface area (Å²) in [6, 6.07) is 10.6. The minimum absolute atomic E-state index is 0.0222. The molecule has 0 aliphatic carbocycles. The fraction of sp³-hybridized carbons (Fsp3) is 0.267. The van der Waals surface area contributed by atoms with E-state index in [1.807, 2.05) is 32.0 Å². The number of aromatic nitrogens is 2. The molecule has 0 aliphatic heterocycles. The van der Waals surface area contributed by atoms with Crippen LogP contribution in [-0.4, -0.2) is 27.0 Å². The predicted molar refractivity (Wildman–Crippen MR) is 83.5 cm³/mol. The fourth-order valence-electron chi connectivity index (χ4n) is 1.90. The van der Waals surface area contributed by atoms with Crippen molar-refractivity contribution in [2.75, 3.05) is 0 Å². The van der Waals surface area contributed by atoms with Crippen molar-refractivity contribution >= 4 is 29.1 Å². The van der Waals surface area contributed by atoms with Crippen LogP contribution in [0.1, 0.15) is 29.9 Å². The number of carbonyl (C=O) groups excluding carboxylic acids is 1. The summed E-state index contributed by atoms with van der Waals surface area (Å²) in [6.45, 7) is 4.36. The molecule has 2 aromatic rings.